The van der Waals surface area contributed by atoms with Gasteiger partial charge in [-0.1, -0.05) is 33.2 Å². The highest BCUT2D eigenvalue weighted by atomic mass is 79.9. The zero-order chi connectivity index (χ0) is 15.0. The molecule has 106 valence electrons. The van der Waals surface area contributed by atoms with E-state index >= 15 is 0 Å². The highest BCUT2D eigenvalue weighted by Crippen LogP contribution is 2.38. The van der Waals surface area contributed by atoms with Crippen molar-refractivity contribution in [1.82, 2.24) is 5.16 Å². The van der Waals surface area contributed by atoms with E-state index in [0.29, 0.717) is 5.56 Å². The summed E-state index contributed by atoms with van der Waals surface area (Å²) in [6, 6.07) is 10.5. The zero-order valence-corrected chi connectivity index (χ0v) is 12.2. The fraction of sp³-hybridized carbons (Fsp3) is 0. The molecule has 0 saturated heterocycles. The van der Waals surface area contributed by atoms with E-state index in [2.05, 4.69) is 21.1 Å². The van der Waals surface area contributed by atoms with Crippen molar-refractivity contribution in [3.8, 4) is 22.5 Å². The molecule has 0 aliphatic carbocycles. The first-order valence-electron chi connectivity index (χ1n) is 6.03. The van der Waals surface area contributed by atoms with Crippen LogP contribution in [0.4, 0.5) is 14.6 Å². The number of halogens is 3. The molecule has 3 aromatic rings. The summed E-state index contributed by atoms with van der Waals surface area (Å²) in [6.45, 7) is 0. The van der Waals surface area contributed by atoms with E-state index in [0.717, 1.165) is 22.2 Å². The predicted octanol–water partition coefficient (Wildman–Crippen LogP) is 4.63. The number of aromatic nitrogens is 1. The summed E-state index contributed by atoms with van der Waals surface area (Å²) in [5.41, 5.74) is 7.14. The molecule has 0 atom stereocenters. The van der Waals surface area contributed by atoms with Crippen molar-refractivity contribution in [2.24, 2.45) is 0 Å². The van der Waals surface area contributed by atoms with E-state index in [1.54, 1.807) is 12.1 Å². The van der Waals surface area contributed by atoms with Crippen molar-refractivity contribution in [2.45, 2.75) is 0 Å². The van der Waals surface area contributed by atoms with Crippen molar-refractivity contribution in [2.75, 3.05) is 5.73 Å². The van der Waals surface area contributed by atoms with E-state index in [9.17, 15) is 8.78 Å². The minimum atomic E-state index is -0.732. The molecule has 0 radical (unpaired) electrons. The number of nitrogens with zero attached hydrogens (tertiary/aromatic N) is 1. The summed E-state index contributed by atoms with van der Waals surface area (Å²) in [7, 11) is 0. The Morgan fingerprint density at radius 3 is 2.43 bits per heavy atom. The van der Waals surface area contributed by atoms with Crippen LogP contribution in [0, 0.1) is 11.6 Å². The molecule has 0 saturated carbocycles. The van der Waals surface area contributed by atoms with E-state index in [-0.39, 0.29) is 17.1 Å². The quantitative estimate of drug-likeness (QED) is 0.732. The van der Waals surface area contributed by atoms with E-state index in [4.69, 9.17) is 10.3 Å². The van der Waals surface area contributed by atoms with E-state index in [1.165, 1.54) is 6.07 Å². The third kappa shape index (κ3) is 2.54. The van der Waals surface area contributed by atoms with Crippen LogP contribution in [0.3, 0.4) is 0 Å². The molecule has 0 unspecified atom stereocenters. The van der Waals surface area contributed by atoms with Crippen molar-refractivity contribution in [3.05, 3.63) is 58.6 Å². The van der Waals surface area contributed by atoms with Gasteiger partial charge in [-0.15, -0.1) is 0 Å². The Morgan fingerprint density at radius 1 is 1.05 bits per heavy atom. The lowest BCUT2D eigenvalue weighted by Gasteiger charge is -2.04. The lowest BCUT2D eigenvalue weighted by molar-refractivity contribution is 0.433. The highest BCUT2D eigenvalue weighted by Gasteiger charge is 2.20. The summed E-state index contributed by atoms with van der Waals surface area (Å²) < 4.78 is 33.0. The third-order valence-corrected chi connectivity index (χ3v) is 3.56. The molecule has 0 fully saturated rings. The van der Waals surface area contributed by atoms with Gasteiger partial charge in [0.2, 0.25) is 0 Å². The maximum absolute atomic E-state index is 13.9. The summed E-state index contributed by atoms with van der Waals surface area (Å²) in [5, 5.41) is 3.69. The molecular formula is C15H9BrF2N2O. The molecule has 0 amide bonds. The van der Waals surface area contributed by atoms with Crippen LogP contribution < -0.4 is 5.73 Å². The van der Waals surface area contributed by atoms with Crippen LogP contribution in [0.15, 0.2) is 51.5 Å². The van der Waals surface area contributed by atoms with Crippen LogP contribution in [-0.4, -0.2) is 5.16 Å². The van der Waals surface area contributed by atoms with Gasteiger partial charge in [-0.25, -0.2) is 8.78 Å². The van der Waals surface area contributed by atoms with Crippen molar-refractivity contribution >= 4 is 21.7 Å². The lowest BCUT2D eigenvalue weighted by Crippen LogP contribution is -1.90. The van der Waals surface area contributed by atoms with Crippen LogP contribution in [0.5, 0.6) is 0 Å². The first kappa shape index (κ1) is 13.8. The van der Waals surface area contributed by atoms with Crippen LogP contribution in [0.1, 0.15) is 0 Å². The molecule has 6 heteroatoms. The average molecular weight is 351 g/mol. The minimum Gasteiger partial charge on any atom is -0.380 e. The SMILES string of the molecule is Nc1noc(-c2ccc(F)cc2F)c1-c1ccc(Br)cc1. The van der Waals surface area contributed by atoms with E-state index < -0.39 is 11.6 Å². The second-order valence-electron chi connectivity index (χ2n) is 4.40. The fourth-order valence-corrected chi connectivity index (χ4v) is 2.32. The Balaban J connectivity index is 2.19. The number of anilines is 1. The molecule has 0 bridgehead atoms. The highest BCUT2D eigenvalue weighted by molar-refractivity contribution is 9.10. The van der Waals surface area contributed by atoms with E-state index in [1.807, 2.05) is 12.1 Å². The molecule has 2 aromatic carbocycles. The Hall–Kier alpha value is -2.21. The first-order chi connectivity index (χ1) is 10.1. The van der Waals surface area contributed by atoms with Crippen molar-refractivity contribution < 1.29 is 13.3 Å². The maximum Gasteiger partial charge on any atom is 0.179 e. The van der Waals surface area contributed by atoms with Gasteiger partial charge in [0.15, 0.2) is 11.6 Å². The number of rotatable bonds is 2. The predicted molar refractivity (Wildman–Crippen MR) is 79.4 cm³/mol. The minimum absolute atomic E-state index is 0.110. The fourth-order valence-electron chi connectivity index (χ4n) is 2.06. The number of nitrogens with two attached hydrogens (primary N) is 1. The van der Waals surface area contributed by atoms with Gasteiger partial charge in [0.05, 0.1) is 11.1 Å². The van der Waals surface area contributed by atoms with Gasteiger partial charge in [-0.3, -0.25) is 0 Å². The smallest absolute Gasteiger partial charge is 0.179 e. The van der Waals surface area contributed by atoms with Crippen LogP contribution >= 0.6 is 15.9 Å². The molecular weight excluding hydrogens is 342 g/mol. The molecule has 3 rings (SSSR count). The van der Waals surface area contributed by atoms with Crippen LogP contribution in [0.25, 0.3) is 22.5 Å². The molecule has 21 heavy (non-hydrogen) atoms. The lowest BCUT2D eigenvalue weighted by atomic mass is 10.0. The van der Waals surface area contributed by atoms with Crippen LogP contribution in [0.2, 0.25) is 0 Å². The molecule has 0 spiro atoms. The number of hydrogen-bond acceptors (Lipinski definition) is 3. The molecule has 1 heterocycles. The molecule has 2 N–H and O–H groups in total. The second kappa shape index (κ2) is 5.29. The summed E-state index contributed by atoms with van der Waals surface area (Å²) in [4.78, 5) is 0. The Bertz CT molecular complexity index is 800. The van der Waals surface area contributed by atoms with Crippen LogP contribution in [-0.2, 0) is 0 Å². The van der Waals surface area contributed by atoms with Gasteiger partial charge in [-0.2, -0.15) is 0 Å². The zero-order valence-electron chi connectivity index (χ0n) is 10.6. The summed E-state index contributed by atoms with van der Waals surface area (Å²) in [6.07, 6.45) is 0. The number of hydrogen-bond donors (Lipinski definition) is 1. The third-order valence-electron chi connectivity index (χ3n) is 3.03. The summed E-state index contributed by atoms with van der Waals surface area (Å²) >= 11 is 3.34. The number of nitrogen functional groups attached to an aromatic ring is 1. The molecule has 3 nitrogen and oxygen atoms in total. The van der Waals surface area contributed by atoms with Gasteiger partial charge in [0.1, 0.15) is 11.6 Å². The van der Waals surface area contributed by atoms with Gasteiger partial charge in [0.25, 0.3) is 0 Å². The summed E-state index contributed by atoms with van der Waals surface area (Å²) in [5.74, 6) is -1.07. The number of benzene rings is 2. The maximum atomic E-state index is 13.9. The van der Waals surface area contributed by atoms with Gasteiger partial charge >= 0.3 is 0 Å². The van der Waals surface area contributed by atoms with Gasteiger partial charge in [-0.05, 0) is 29.8 Å². The first-order valence-corrected chi connectivity index (χ1v) is 6.82. The normalized spacial score (nSPS) is 10.8. The second-order valence-corrected chi connectivity index (χ2v) is 5.32. The monoisotopic (exact) mass is 350 g/mol. The molecule has 1 aromatic heterocycles. The van der Waals surface area contributed by atoms with Crippen molar-refractivity contribution in [3.63, 3.8) is 0 Å². The Kier molecular flexibility index (Phi) is 3.47. The van der Waals surface area contributed by atoms with Gasteiger partial charge < -0.3 is 10.3 Å². The molecule has 0 aliphatic heterocycles. The average Bonchev–Trinajstić information content (AvgIpc) is 2.82. The largest absolute Gasteiger partial charge is 0.380 e. The topological polar surface area (TPSA) is 52.0 Å². The van der Waals surface area contributed by atoms with Gasteiger partial charge in [0, 0.05) is 10.5 Å². The standard InChI is InChI=1S/C15H9BrF2N2O/c16-9-3-1-8(2-4-9)13-14(21-20-15(13)19)11-6-5-10(17)7-12(11)18/h1-7H,(H2,19,20). The molecule has 0 aliphatic rings. The Morgan fingerprint density at radius 2 is 1.76 bits per heavy atom. The van der Waals surface area contributed by atoms with Crippen molar-refractivity contribution in [1.29, 1.82) is 0 Å². The Labute approximate surface area is 127 Å².